The van der Waals surface area contributed by atoms with Gasteiger partial charge in [0.1, 0.15) is 11.6 Å². The highest BCUT2D eigenvalue weighted by Gasteiger charge is 2.23. The second kappa shape index (κ2) is 5.70. The van der Waals surface area contributed by atoms with Crippen LogP contribution in [0, 0.1) is 5.82 Å². The van der Waals surface area contributed by atoms with Crippen LogP contribution in [0.1, 0.15) is 0 Å². The monoisotopic (exact) mass is 363 g/mol. The molecule has 0 unspecified atom stereocenters. The van der Waals surface area contributed by atoms with E-state index in [9.17, 15) is 18.7 Å². The van der Waals surface area contributed by atoms with Crippen molar-refractivity contribution in [2.75, 3.05) is 6.79 Å². The minimum atomic E-state index is -4.83. The molecule has 0 atom stereocenters. The lowest BCUT2D eigenvalue weighted by atomic mass is 10.1. The Labute approximate surface area is 140 Å². The maximum Gasteiger partial charge on any atom is 0.524 e. The van der Waals surface area contributed by atoms with Crippen LogP contribution in [0.5, 0.6) is 17.2 Å². The number of phosphoric ester groups is 1. The first-order valence-corrected chi connectivity index (χ1v) is 8.68. The molecule has 4 rings (SSSR count). The number of rotatable bonds is 3. The van der Waals surface area contributed by atoms with Crippen molar-refractivity contribution in [2.45, 2.75) is 0 Å². The maximum absolute atomic E-state index is 14.1. The molecule has 0 spiro atoms. The largest absolute Gasteiger partial charge is 0.524 e. The fourth-order valence-electron chi connectivity index (χ4n) is 2.60. The first-order chi connectivity index (χ1) is 11.9. The van der Waals surface area contributed by atoms with Gasteiger partial charge in [-0.05, 0) is 18.2 Å². The van der Waals surface area contributed by atoms with Gasteiger partial charge in [0.05, 0.1) is 11.2 Å². The van der Waals surface area contributed by atoms with E-state index in [4.69, 9.17) is 14.0 Å². The summed E-state index contributed by atoms with van der Waals surface area (Å²) in [6.45, 7) is 0.0283. The predicted molar refractivity (Wildman–Crippen MR) is 85.9 cm³/mol. The first kappa shape index (κ1) is 15.8. The maximum atomic E-state index is 14.1. The molecule has 0 radical (unpaired) electrons. The molecule has 0 bridgehead atoms. The standard InChI is InChI=1S/C16H11FNO6P/c17-11-4-2-1-3-9(11)12-6-14(24-25(19,20)21)10-5-15-16(23-8-22-15)7-13(10)18-12/h1-7H,8H2,(H2,19,20,21). The van der Waals surface area contributed by atoms with Gasteiger partial charge in [0.2, 0.25) is 6.79 Å². The van der Waals surface area contributed by atoms with Crippen LogP contribution in [0.2, 0.25) is 0 Å². The van der Waals surface area contributed by atoms with E-state index in [1.165, 1.54) is 30.3 Å². The van der Waals surface area contributed by atoms with Gasteiger partial charge in [-0.1, -0.05) is 12.1 Å². The average Bonchev–Trinajstić information content (AvgIpc) is 2.99. The Kier molecular flexibility index (Phi) is 3.61. The molecule has 1 aliphatic heterocycles. The number of pyridine rings is 1. The van der Waals surface area contributed by atoms with Crippen LogP contribution in [0.4, 0.5) is 4.39 Å². The van der Waals surface area contributed by atoms with Crippen molar-refractivity contribution in [3.8, 4) is 28.5 Å². The fraction of sp³-hybridized carbons (Fsp3) is 0.0625. The Morgan fingerprint density at radius 3 is 2.56 bits per heavy atom. The second-order valence-electron chi connectivity index (χ2n) is 5.29. The number of benzene rings is 2. The second-order valence-corrected chi connectivity index (χ2v) is 6.45. The average molecular weight is 363 g/mol. The molecule has 2 N–H and O–H groups in total. The summed E-state index contributed by atoms with van der Waals surface area (Å²) in [5.41, 5.74) is 0.680. The Bertz CT molecular complexity index is 1030. The number of fused-ring (bicyclic) bond motifs is 2. The summed E-state index contributed by atoms with van der Waals surface area (Å²) >= 11 is 0. The van der Waals surface area contributed by atoms with Crippen molar-refractivity contribution < 1.29 is 32.7 Å². The van der Waals surface area contributed by atoms with Crippen LogP contribution in [0.15, 0.2) is 42.5 Å². The zero-order valence-electron chi connectivity index (χ0n) is 12.5. The molecular weight excluding hydrogens is 352 g/mol. The highest BCUT2D eigenvalue weighted by atomic mass is 31.2. The van der Waals surface area contributed by atoms with Crippen LogP contribution in [-0.4, -0.2) is 21.6 Å². The van der Waals surface area contributed by atoms with E-state index < -0.39 is 13.6 Å². The van der Waals surface area contributed by atoms with Crippen molar-refractivity contribution in [3.63, 3.8) is 0 Å². The van der Waals surface area contributed by atoms with Gasteiger partial charge in [0.25, 0.3) is 0 Å². The molecule has 0 fully saturated rings. The van der Waals surface area contributed by atoms with Gasteiger partial charge in [-0.15, -0.1) is 0 Å². The molecule has 0 aliphatic carbocycles. The third kappa shape index (κ3) is 3.02. The third-order valence-corrected chi connectivity index (χ3v) is 4.07. The van der Waals surface area contributed by atoms with Crippen molar-refractivity contribution in [1.82, 2.24) is 4.98 Å². The smallest absolute Gasteiger partial charge is 0.454 e. The molecule has 7 nitrogen and oxygen atoms in total. The van der Waals surface area contributed by atoms with Gasteiger partial charge in [-0.25, -0.2) is 13.9 Å². The van der Waals surface area contributed by atoms with E-state index in [2.05, 4.69) is 4.98 Å². The number of hydrogen-bond acceptors (Lipinski definition) is 5. The highest BCUT2D eigenvalue weighted by Crippen LogP contribution is 2.45. The predicted octanol–water partition coefficient (Wildman–Crippen LogP) is 3.24. The summed E-state index contributed by atoms with van der Waals surface area (Å²) in [5.74, 6) is 0.198. The molecule has 2 heterocycles. The highest BCUT2D eigenvalue weighted by molar-refractivity contribution is 7.46. The molecule has 0 saturated heterocycles. The van der Waals surface area contributed by atoms with E-state index >= 15 is 0 Å². The molecule has 0 amide bonds. The lowest BCUT2D eigenvalue weighted by molar-refractivity contribution is 0.174. The Morgan fingerprint density at radius 2 is 1.84 bits per heavy atom. The zero-order chi connectivity index (χ0) is 17.6. The number of aromatic nitrogens is 1. The molecule has 25 heavy (non-hydrogen) atoms. The number of nitrogens with zero attached hydrogens (tertiary/aromatic N) is 1. The zero-order valence-corrected chi connectivity index (χ0v) is 13.4. The third-order valence-electron chi connectivity index (χ3n) is 3.63. The van der Waals surface area contributed by atoms with Gasteiger partial charge < -0.3 is 14.0 Å². The molecule has 0 saturated carbocycles. The number of phosphoric acid groups is 1. The van der Waals surface area contributed by atoms with Crippen LogP contribution < -0.4 is 14.0 Å². The van der Waals surface area contributed by atoms with Crippen molar-refractivity contribution in [3.05, 3.63) is 48.3 Å². The Morgan fingerprint density at radius 1 is 1.12 bits per heavy atom. The molecular formula is C16H11FNO6P. The summed E-state index contributed by atoms with van der Waals surface area (Å²) in [4.78, 5) is 22.7. The first-order valence-electron chi connectivity index (χ1n) is 7.15. The van der Waals surface area contributed by atoms with E-state index in [0.29, 0.717) is 22.4 Å². The van der Waals surface area contributed by atoms with Crippen LogP contribution in [-0.2, 0) is 4.57 Å². The van der Waals surface area contributed by atoms with E-state index in [1.807, 2.05) is 0 Å². The minimum Gasteiger partial charge on any atom is -0.454 e. The van der Waals surface area contributed by atoms with Crippen LogP contribution in [0.25, 0.3) is 22.2 Å². The number of hydrogen-bond donors (Lipinski definition) is 2. The quantitative estimate of drug-likeness (QED) is 0.689. The summed E-state index contributed by atoms with van der Waals surface area (Å²) in [6.07, 6.45) is 0. The van der Waals surface area contributed by atoms with Gasteiger partial charge in [-0.2, -0.15) is 0 Å². The van der Waals surface area contributed by atoms with Gasteiger partial charge in [-0.3, -0.25) is 9.79 Å². The molecule has 2 aromatic carbocycles. The molecule has 9 heteroatoms. The molecule has 128 valence electrons. The van der Waals surface area contributed by atoms with Crippen molar-refractivity contribution >= 4 is 18.7 Å². The lowest BCUT2D eigenvalue weighted by Gasteiger charge is -2.12. The molecule has 3 aromatic rings. The Hall–Kier alpha value is -2.67. The molecule has 1 aromatic heterocycles. The Balaban J connectivity index is 1.98. The normalized spacial score (nSPS) is 13.2. The van der Waals surface area contributed by atoms with E-state index in [0.717, 1.165) is 0 Å². The van der Waals surface area contributed by atoms with Gasteiger partial charge >= 0.3 is 7.82 Å². The summed E-state index contributed by atoms with van der Waals surface area (Å²) < 4.78 is 40.7. The van der Waals surface area contributed by atoms with Crippen LogP contribution >= 0.6 is 7.82 Å². The van der Waals surface area contributed by atoms with E-state index in [1.54, 1.807) is 12.1 Å². The summed E-state index contributed by atoms with van der Waals surface area (Å²) in [5, 5.41) is 0.313. The summed E-state index contributed by atoms with van der Waals surface area (Å²) in [6, 6.07) is 10.3. The molecule has 1 aliphatic rings. The van der Waals surface area contributed by atoms with Crippen LogP contribution in [0.3, 0.4) is 0 Å². The van der Waals surface area contributed by atoms with Crippen molar-refractivity contribution in [2.24, 2.45) is 0 Å². The van der Waals surface area contributed by atoms with E-state index in [-0.39, 0.29) is 23.8 Å². The summed E-state index contributed by atoms with van der Waals surface area (Å²) in [7, 11) is -4.83. The minimum absolute atomic E-state index is 0.0283. The topological polar surface area (TPSA) is 98.1 Å². The fourth-order valence-corrected chi connectivity index (χ4v) is 3.00. The number of ether oxygens (including phenoxy) is 2. The van der Waals surface area contributed by atoms with Crippen molar-refractivity contribution in [1.29, 1.82) is 0 Å². The lowest BCUT2D eigenvalue weighted by Crippen LogP contribution is -1.95. The van der Waals surface area contributed by atoms with Gasteiger partial charge in [0.15, 0.2) is 11.5 Å². The number of halogens is 1. The SMILES string of the molecule is O=P(O)(O)Oc1cc(-c2ccccc2F)nc2cc3c(cc12)OCO3. The van der Waals surface area contributed by atoms with Gasteiger partial charge in [0, 0.05) is 23.1 Å².